The van der Waals surface area contributed by atoms with E-state index in [4.69, 9.17) is 14.2 Å². The summed E-state index contributed by atoms with van der Waals surface area (Å²) in [4.78, 5) is 38.4. The van der Waals surface area contributed by atoms with E-state index in [-0.39, 0.29) is 36.9 Å². The third-order valence-corrected chi connectivity index (χ3v) is 5.26. The molecule has 0 spiro atoms. The Kier molecular flexibility index (Phi) is 5.98. The molecular formula is C20H25NO6. The number of benzene rings is 1. The molecule has 1 heterocycles. The van der Waals surface area contributed by atoms with E-state index in [0.717, 1.165) is 36.3 Å². The van der Waals surface area contributed by atoms with E-state index in [9.17, 15) is 14.4 Å². The Morgan fingerprint density at radius 2 is 1.59 bits per heavy atom. The van der Waals surface area contributed by atoms with Gasteiger partial charge >= 0.3 is 5.97 Å². The number of hydrogen-bond acceptors (Lipinski definition) is 6. The lowest BCUT2D eigenvalue weighted by atomic mass is 9.81. The molecule has 3 atom stereocenters. The summed E-state index contributed by atoms with van der Waals surface area (Å²) in [5.41, 5.74) is 0. The molecule has 1 saturated carbocycles. The summed E-state index contributed by atoms with van der Waals surface area (Å²) in [6, 6.07) is 6.15. The van der Waals surface area contributed by atoms with Gasteiger partial charge in [-0.05, 0) is 44.0 Å². The maximum absolute atomic E-state index is 12.5. The standard InChI is InChI=1S/C20H25NO6/c1-13(21-18(22)16-5-3-4-6-17(16)19(21)23)20(24)27-12-11-26-15-9-7-14(25-2)8-10-15/h7-10,13,16-17H,3-6,11-12H2,1-2H3/t13-,16+,17+/m1/s1. The van der Waals surface area contributed by atoms with Crippen molar-refractivity contribution in [3.8, 4) is 11.5 Å². The molecule has 7 nitrogen and oxygen atoms in total. The molecule has 1 aliphatic carbocycles. The Morgan fingerprint density at radius 1 is 1.04 bits per heavy atom. The van der Waals surface area contributed by atoms with Crippen molar-refractivity contribution in [3.63, 3.8) is 0 Å². The molecule has 2 aliphatic rings. The highest BCUT2D eigenvalue weighted by atomic mass is 16.6. The minimum Gasteiger partial charge on any atom is -0.497 e. The normalized spacial score (nSPS) is 23.0. The molecule has 0 N–H and O–H groups in total. The molecule has 2 fully saturated rings. The lowest BCUT2D eigenvalue weighted by Gasteiger charge is -2.21. The molecule has 27 heavy (non-hydrogen) atoms. The predicted molar refractivity (Wildman–Crippen MR) is 96.2 cm³/mol. The molecule has 0 radical (unpaired) electrons. The molecule has 1 aliphatic heterocycles. The van der Waals surface area contributed by atoms with Gasteiger partial charge in [-0.3, -0.25) is 14.5 Å². The lowest BCUT2D eigenvalue weighted by molar-refractivity contribution is -0.158. The van der Waals surface area contributed by atoms with Crippen molar-refractivity contribution in [1.82, 2.24) is 4.90 Å². The van der Waals surface area contributed by atoms with Gasteiger partial charge in [0.25, 0.3) is 0 Å². The molecule has 1 aromatic rings. The lowest BCUT2D eigenvalue weighted by Crippen LogP contribution is -2.44. The summed E-state index contributed by atoms with van der Waals surface area (Å²) < 4.78 is 15.8. The van der Waals surface area contributed by atoms with Crippen molar-refractivity contribution in [2.75, 3.05) is 20.3 Å². The summed E-state index contributed by atoms with van der Waals surface area (Å²) in [5.74, 6) is -0.224. The summed E-state index contributed by atoms with van der Waals surface area (Å²) in [5, 5.41) is 0. The van der Waals surface area contributed by atoms with Crippen molar-refractivity contribution < 1.29 is 28.6 Å². The van der Waals surface area contributed by atoms with Gasteiger partial charge in [0.1, 0.15) is 30.8 Å². The number of nitrogens with zero attached hydrogens (tertiary/aromatic N) is 1. The maximum atomic E-state index is 12.5. The number of amides is 2. The Morgan fingerprint density at radius 3 is 2.15 bits per heavy atom. The first-order valence-corrected chi connectivity index (χ1v) is 9.33. The fraction of sp³-hybridized carbons (Fsp3) is 0.550. The van der Waals surface area contributed by atoms with E-state index in [1.807, 2.05) is 0 Å². The van der Waals surface area contributed by atoms with Crippen LogP contribution in [0.2, 0.25) is 0 Å². The highest BCUT2D eigenvalue weighted by Crippen LogP contribution is 2.38. The van der Waals surface area contributed by atoms with E-state index in [1.165, 1.54) is 0 Å². The number of hydrogen-bond donors (Lipinski definition) is 0. The first-order valence-electron chi connectivity index (χ1n) is 9.33. The van der Waals surface area contributed by atoms with Crippen LogP contribution in [-0.2, 0) is 19.1 Å². The zero-order valence-electron chi connectivity index (χ0n) is 15.7. The number of fused-ring (bicyclic) bond motifs is 1. The minimum atomic E-state index is -0.906. The van der Waals surface area contributed by atoms with Gasteiger partial charge in [0.05, 0.1) is 18.9 Å². The third-order valence-electron chi connectivity index (χ3n) is 5.26. The molecule has 146 valence electrons. The zero-order valence-corrected chi connectivity index (χ0v) is 15.7. The van der Waals surface area contributed by atoms with Crippen molar-refractivity contribution >= 4 is 17.8 Å². The van der Waals surface area contributed by atoms with Gasteiger partial charge in [-0.1, -0.05) is 12.8 Å². The molecule has 0 aromatic heterocycles. The van der Waals surface area contributed by atoms with E-state index >= 15 is 0 Å². The van der Waals surface area contributed by atoms with Crippen LogP contribution in [0, 0.1) is 11.8 Å². The number of methoxy groups -OCH3 is 1. The topological polar surface area (TPSA) is 82.1 Å². The van der Waals surface area contributed by atoms with Crippen LogP contribution in [-0.4, -0.2) is 49.0 Å². The Bertz CT molecular complexity index is 677. The highest BCUT2D eigenvalue weighted by Gasteiger charge is 2.51. The van der Waals surface area contributed by atoms with Crippen LogP contribution in [0.25, 0.3) is 0 Å². The predicted octanol–water partition coefficient (Wildman–Crippen LogP) is 2.18. The second-order valence-electron chi connectivity index (χ2n) is 6.91. The SMILES string of the molecule is COc1ccc(OCCOC(=O)[C@@H](C)N2C(=O)[C@H]3CCCC[C@@H]3C2=O)cc1. The van der Waals surface area contributed by atoms with Gasteiger partial charge < -0.3 is 14.2 Å². The Hall–Kier alpha value is -2.57. The third kappa shape index (κ3) is 4.07. The van der Waals surface area contributed by atoms with Crippen LogP contribution in [0.15, 0.2) is 24.3 Å². The number of carbonyl (C=O) groups excluding carboxylic acids is 3. The largest absolute Gasteiger partial charge is 0.497 e. The number of carbonyl (C=O) groups is 3. The maximum Gasteiger partial charge on any atom is 0.329 e. The van der Waals surface area contributed by atoms with Crippen LogP contribution in [0.1, 0.15) is 32.6 Å². The molecule has 0 bridgehead atoms. The van der Waals surface area contributed by atoms with Crippen molar-refractivity contribution in [1.29, 1.82) is 0 Å². The van der Waals surface area contributed by atoms with Gasteiger partial charge in [0.15, 0.2) is 0 Å². The number of imide groups is 1. The average molecular weight is 375 g/mol. The van der Waals surface area contributed by atoms with E-state index in [0.29, 0.717) is 5.75 Å². The Balaban J connectivity index is 1.47. The smallest absolute Gasteiger partial charge is 0.329 e. The second kappa shape index (κ2) is 8.41. The van der Waals surface area contributed by atoms with Crippen molar-refractivity contribution in [2.45, 2.75) is 38.6 Å². The van der Waals surface area contributed by atoms with Gasteiger partial charge in [0.2, 0.25) is 11.8 Å². The van der Waals surface area contributed by atoms with Crippen LogP contribution in [0.5, 0.6) is 11.5 Å². The van der Waals surface area contributed by atoms with Gasteiger partial charge in [-0.15, -0.1) is 0 Å². The van der Waals surface area contributed by atoms with Crippen molar-refractivity contribution in [3.05, 3.63) is 24.3 Å². The summed E-state index contributed by atoms with van der Waals surface area (Å²) in [6.45, 7) is 1.76. The van der Waals surface area contributed by atoms with Crippen LogP contribution >= 0.6 is 0 Å². The van der Waals surface area contributed by atoms with E-state index in [2.05, 4.69) is 0 Å². The van der Waals surface area contributed by atoms with E-state index < -0.39 is 12.0 Å². The summed E-state index contributed by atoms with van der Waals surface area (Å²) in [7, 11) is 1.58. The molecule has 0 unspecified atom stereocenters. The first-order chi connectivity index (χ1) is 13.0. The van der Waals surface area contributed by atoms with Gasteiger partial charge in [-0.25, -0.2) is 4.79 Å². The summed E-state index contributed by atoms with van der Waals surface area (Å²) >= 11 is 0. The minimum absolute atomic E-state index is 0.0400. The van der Waals surface area contributed by atoms with E-state index in [1.54, 1.807) is 38.3 Å². The molecule has 3 rings (SSSR count). The second-order valence-corrected chi connectivity index (χ2v) is 6.91. The molecule has 2 amide bonds. The van der Waals surface area contributed by atoms with Crippen LogP contribution in [0.4, 0.5) is 0 Å². The Labute approximate surface area is 158 Å². The first kappa shape index (κ1) is 19.2. The molecule has 1 aromatic carbocycles. The number of rotatable bonds is 7. The van der Waals surface area contributed by atoms with Crippen molar-refractivity contribution in [2.24, 2.45) is 11.8 Å². The number of esters is 1. The molecule has 1 saturated heterocycles. The monoisotopic (exact) mass is 375 g/mol. The fourth-order valence-corrected chi connectivity index (χ4v) is 3.77. The number of likely N-dealkylation sites (tertiary alicyclic amines) is 1. The zero-order chi connectivity index (χ0) is 19.4. The van der Waals surface area contributed by atoms with Gasteiger partial charge in [0, 0.05) is 0 Å². The van der Waals surface area contributed by atoms with Gasteiger partial charge in [-0.2, -0.15) is 0 Å². The van der Waals surface area contributed by atoms with Crippen LogP contribution in [0.3, 0.4) is 0 Å². The molecule has 7 heteroatoms. The van der Waals surface area contributed by atoms with Crippen LogP contribution < -0.4 is 9.47 Å². The fourth-order valence-electron chi connectivity index (χ4n) is 3.77. The number of ether oxygens (including phenoxy) is 3. The quantitative estimate of drug-likeness (QED) is 0.413. The average Bonchev–Trinajstić information content (AvgIpc) is 2.95. The highest BCUT2D eigenvalue weighted by molar-refractivity contribution is 6.07. The summed E-state index contributed by atoms with van der Waals surface area (Å²) in [6.07, 6.45) is 3.36. The molecular weight excluding hydrogens is 350 g/mol.